The molecular formula is C12H18F3N5O. The number of nitrogens with one attached hydrogen (secondary N) is 2. The van der Waals surface area contributed by atoms with Crippen LogP contribution in [-0.4, -0.2) is 27.2 Å². The summed E-state index contributed by atoms with van der Waals surface area (Å²) in [6.07, 6.45) is -0.532. The topological polar surface area (TPSA) is 96.1 Å². The molecule has 21 heavy (non-hydrogen) atoms. The summed E-state index contributed by atoms with van der Waals surface area (Å²) in [5.74, 6) is 3.66. The third kappa shape index (κ3) is 4.18. The summed E-state index contributed by atoms with van der Waals surface area (Å²) < 4.78 is 38.1. The molecule has 2 rings (SSSR count). The molecule has 0 amide bonds. The Kier molecular flexibility index (Phi) is 4.52. The summed E-state index contributed by atoms with van der Waals surface area (Å²) in [6.45, 7) is 0.144. The molecule has 1 fully saturated rings. The molecule has 1 aliphatic carbocycles. The van der Waals surface area contributed by atoms with E-state index in [1.165, 1.54) is 6.07 Å². The van der Waals surface area contributed by atoms with Crippen molar-refractivity contribution in [1.29, 1.82) is 0 Å². The molecular weight excluding hydrogens is 287 g/mol. The van der Waals surface area contributed by atoms with Gasteiger partial charge in [-0.2, -0.15) is 13.2 Å². The number of aliphatic hydroxyl groups is 1. The number of halogens is 3. The summed E-state index contributed by atoms with van der Waals surface area (Å²) in [4.78, 5) is 6.67. The third-order valence-electron chi connectivity index (χ3n) is 3.51. The van der Waals surface area contributed by atoms with Gasteiger partial charge >= 0.3 is 6.18 Å². The van der Waals surface area contributed by atoms with Crippen molar-refractivity contribution in [1.82, 2.24) is 9.97 Å². The predicted octanol–water partition coefficient (Wildman–Crippen LogP) is 1.89. The zero-order valence-electron chi connectivity index (χ0n) is 11.4. The maximum absolute atomic E-state index is 12.7. The molecule has 0 atom stereocenters. The van der Waals surface area contributed by atoms with E-state index in [9.17, 15) is 18.3 Å². The molecule has 0 radical (unpaired) electrons. The number of nitrogen functional groups attached to an aromatic ring is 1. The molecule has 0 aliphatic heterocycles. The van der Waals surface area contributed by atoms with Crippen molar-refractivity contribution < 1.29 is 18.3 Å². The van der Waals surface area contributed by atoms with Crippen LogP contribution in [-0.2, 0) is 6.18 Å². The molecule has 6 nitrogen and oxygen atoms in total. The van der Waals surface area contributed by atoms with Crippen molar-refractivity contribution in [2.45, 2.75) is 43.9 Å². The van der Waals surface area contributed by atoms with Crippen LogP contribution in [0.25, 0.3) is 0 Å². The average molecular weight is 305 g/mol. The van der Waals surface area contributed by atoms with Crippen LogP contribution in [0.5, 0.6) is 0 Å². The zero-order valence-corrected chi connectivity index (χ0v) is 11.4. The molecule has 0 saturated heterocycles. The van der Waals surface area contributed by atoms with Crippen molar-refractivity contribution in [3.8, 4) is 0 Å². The normalized spacial score (nSPS) is 18.3. The first-order valence-electron chi connectivity index (χ1n) is 6.72. The van der Waals surface area contributed by atoms with E-state index >= 15 is 0 Å². The van der Waals surface area contributed by atoms with Crippen molar-refractivity contribution in [2.24, 2.45) is 5.84 Å². The van der Waals surface area contributed by atoms with Gasteiger partial charge in [-0.15, -0.1) is 0 Å². The molecule has 118 valence electrons. The standard InChI is InChI=1S/C12H18F3N5O/c13-12(14,15)10-18-8(6-9(19-10)20-16)17-7-11(21)4-2-1-3-5-11/h6,21H,1-5,7,16H2,(H2,17,18,19,20). The minimum atomic E-state index is -4.66. The maximum Gasteiger partial charge on any atom is 0.451 e. The van der Waals surface area contributed by atoms with E-state index in [4.69, 9.17) is 5.84 Å². The van der Waals surface area contributed by atoms with Gasteiger partial charge in [0.05, 0.1) is 5.60 Å². The molecule has 1 aromatic rings. The van der Waals surface area contributed by atoms with Gasteiger partial charge in [-0.3, -0.25) is 0 Å². The molecule has 0 unspecified atom stereocenters. The van der Waals surface area contributed by atoms with Crippen LogP contribution in [0.3, 0.4) is 0 Å². The van der Waals surface area contributed by atoms with Gasteiger partial charge in [0, 0.05) is 12.6 Å². The number of hydrogen-bond donors (Lipinski definition) is 4. The molecule has 9 heteroatoms. The van der Waals surface area contributed by atoms with Gasteiger partial charge in [0.1, 0.15) is 11.6 Å². The van der Waals surface area contributed by atoms with Gasteiger partial charge in [0.25, 0.3) is 0 Å². The SMILES string of the molecule is NNc1cc(NCC2(O)CCCCC2)nc(C(F)(F)F)n1. The number of nitrogens with zero attached hydrogens (tertiary/aromatic N) is 2. The second-order valence-corrected chi connectivity index (χ2v) is 5.24. The highest BCUT2D eigenvalue weighted by atomic mass is 19.4. The Labute approximate surface area is 119 Å². The van der Waals surface area contributed by atoms with Crippen molar-refractivity contribution >= 4 is 11.6 Å². The summed E-state index contributed by atoms with van der Waals surface area (Å²) in [5.41, 5.74) is 1.17. The Morgan fingerprint density at radius 3 is 2.38 bits per heavy atom. The first kappa shape index (κ1) is 15.8. The number of alkyl halides is 3. The van der Waals surface area contributed by atoms with Crippen LogP contribution >= 0.6 is 0 Å². The molecule has 0 spiro atoms. The van der Waals surface area contributed by atoms with Crippen LogP contribution in [0.15, 0.2) is 6.07 Å². The van der Waals surface area contributed by atoms with Crippen LogP contribution < -0.4 is 16.6 Å². The van der Waals surface area contributed by atoms with Gasteiger partial charge in [0.2, 0.25) is 5.82 Å². The van der Waals surface area contributed by atoms with Crippen molar-refractivity contribution in [3.63, 3.8) is 0 Å². The maximum atomic E-state index is 12.7. The largest absolute Gasteiger partial charge is 0.451 e. The fourth-order valence-electron chi connectivity index (χ4n) is 2.38. The monoisotopic (exact) mass is 305 g/mol. The van der Waals surface area contributed by atoms with E-state index in [0.29, 0.717) is 12.8 Å². The Balaban J connectivity index is 2.12. The summed E-state index contributed by atoms with van der Waals surface area (Å²) >= 11 is 0. The Bertz CT molecular complexity index is 488. The van der Waals surface area contributed by atoms with Crippen LogP contribution in [0.4, 0.5) is 24.8 Å². The average Bonchev–Trinajstić information content (AvgIpc) is 2.45. The fourth-order valence-corrected chi connectivity index (χ4v) is 2.38. The number of anilines is 2. The number of hydrogen-bond acceptors (Lipinski definition) is 6. The van der Waals surface area contributed by atoms with E-state index in [0.717, 1.165) is 19.3 Å². The lowest BCUT2D eigenvalue weighted by Gasteiger charge is -2.32. The summed E-state index contributed by atoms with van der Waals surface area (Å²) in [5, 5.41) is 13.1. The van der Waals surface area contributed by atoms with Crippen molar-refractivity contribution in [3.05, 3.63) is 11.9 Å². The minimum Gasteiger partial charge on any atom is -0.388 e. The van der Waals surface area contributed by atoms with E-state index < -0.39 is 17.6 Å². The predicted molar refractivity (Wildman–Crippen MR) is 71.4 cm³/mol. The molecule has 0 bridgehead atoms. The van der Waals surface area contributed by atoms with Gasteiger partial charge < -0.3 is 15.8 Å². The quantitative estimate of drug-likeness (QED) is 0.501. The second kappa shape index (κ2) is 6.02. The lowest BCUT2D eigenvalue weighted by molar-refractivity contribution is -0.144. The van der Waals surface area contributed by atoms with Gasteiger partial charge in [-0.25, -0.2) is 15.8 Å². The highest BCUT2D eigenvalue weighted by Crippen LogP contribution is 2.30. The second-order valence-electron chi connectivity index (χ2n) is 5.24. The highest BCUT2D eigenvalue weighted by Gasteiger charge is 2.36. The highest BCUT2D eigenvalue weighted by molar-refractivity contribution is 5.47. The molecule has 5 N–H and O–H groups in total. The fraction of sp³-hybridized carbons (Fsp3) is 0.667. The molecule has 1 aromatic heterocycles. The lowest BCUT2D eigenvalue weighted by Crippen LogP contribution is -2.39. The minimum absolute atomic E-state index is 0.0238. The van der Waals surface area contributed by atoms with E-state index in [2.05, 4.69) is 20.7 Å². The van der Waals surface area contributed by atoms with Crippen LogP contribution in [0, 0.1) is 0 Å². The Morgan fingerprint density at radius 2 is 1.81 bits per heavy atom. The number of nitrogens with two attached hydrogens (primary N) is 1. The molecule has 1 aliphatic rings. The first-order valence-corrected chi connectivity index (χ1v) is 6.72. The molecule has 1 heterocycles. The van der Waals surface area contributed by atoms with E-state index in [-0.39, 0.29) is 18.2 Å². The summed E-state index contributed by atoms with van der Waals surface area (Å²) in [6, 6.07) is 1.27. The molecule has 0 aromatic carbocycles. The smallest absolute Gasteiger partial charge is 0.388 e. The number of rotatable bonds is 4. The van der Waals surface area contributed by atoms with E-state index in [1.54, 1.807) is 0 Å². The van der Waals surface area contributed by atoms with Gasteiger partial charge in [-0.05, 0) is 12.8 Å². The lowest BCUT2D eigenvalue weighted by atomic mass is 9.85. The Hall–Kier alpha value is -1.61. The summed E-state index contributed by atoms with van der Waals surface area (Å²) in [7, 11) is 0. The van der Waals surface area contributed by atoms with Crippen LogP contribution in [0.2, 0.25) is 0 Å². The van der Waals surface area contributed by atoms with Crippen molar-refractivity contribution in [2.75, 3.05) is 17.3 Å². The zero-order chi connectivity index (χ0) is 15.5. The van der Waals surface area contributed by atoms with Crippen LogP contribution in [0.1, 0.15) is 37.9 Å². The van der Waals surface area contributed by atoms with Gasteiger partial charge in [0.15, 0.2) is 0 Å². The number of aromatic nitrogens is 2. The van der Waals surface area contributed by atoms with E-state index in [1.807, 2.05) is 0 Å². The molecule has 1 saturated carbocycles. The number of hydrazine groups is 1. The Morgan fingerprint density at radius 1 is 1.19 bits per heavy atom. The third-order valence-corrected chi connectivity index (χ3v) is 3.51. The first-order chi connectivity index (χ1) is 9.82. The van der Waals surface area contributed by atoms with Gasteiger partial charge in [-0.1, -0.05) is 19.3 Å².